The third-order valence-electron chi connectivity index (χ3n) is 3.75. The maximum Gasteiger partial charge on any atom is 0.306 e. The second-order valence-electron chi connectivity index (χ2n) is 5.31. The Labute approximate surface area is 129 Å². The third kappa shape index (κ3) is 4.07. The van der Waals surface area contributed by atoms with E-state index in [0.29, 0.717) is 38.0 Å². The lowest BCUT2D eigenvalue weighted by atomic mass is 9.86. The van der Waals surface area contributed by atoms with Gasteiger partial charge in [0.05, 0.1) is 5.92 Å². The number of carboxylic acid groups (broad SMARTS) is 1. The molecule has 1 heterocycles. The van der Waals surface area contributed by atoms with Gasteiger partial charge >= 0.3 is 5.97 Å². The number of hydrogen-bond donors (Lipinski definition) is 2. The van der Waals surface area contributed by atoms with Crippen LogP contribution in [0.15, 0.2) is 31.0 Å². The molecule has 1 aromatic heterocycles. The number of carboxylic acids is 1. The van der Waals surface area contributed by atoms with E-state index in [1.807, 2.05) is 0 Å². The number of nitrogens with zero attached hydrogens (tertiary/aromatic N) is 1. The summed E-state index contributed by atoms with van der Waals surface area (Å²) in [6, 6.07) is 3.37. The van der Waals surface area contributed by atoms with E-state index in [2.05, 4.69) is 16.9 Å². The molecule has 0 saturated heterocycles. The van der Waals surface area contributed by atoms with Gasteiger partial charge in [-0.2, -0.15) is 0 Å². The Morgan fingerprint density at radius 2 is 2.14 bits per heavy atom. The van der Waals surface area contributed by atoms with E-state index in [0.717, 1.165) is 0 Å². The van der Waals surface area contributed by atoms with E-state index < -0.39 is 5.97 Å². The van der Waals surface area contributed by atoms with Gasteiger partial charge in [-0.15, -0.1) is 0 Å². The Balaban J connectivity index is 1.95. The smallest absolute Gasteiger partial charge is 0.306 e. The molecule has 1 saturated carbocycles. The first-order chi connectivity index (χ1) is 10.6. The number of carbonyl (C=O) groups is 2. The molecule has 0 radical (unpaired) electrons. The molecule has 22 heavy (non-hydrogen) atoms. The molecule has 0 atom stereocenters. The molecule has 0 aromatic carbocycles. The van der Waals surface area contributed by atoms with Crippen molar-refractivity contribution in [1.29, 1.82) is 0 Å². The first kappa shape index (κ1) is 16.0. The van der Waals surface area contributed by atoms with Crippen molar-refractivity contribution in [3.63, 3.8) is 0 Å². The van der Waals surface area contributed by atoms with Gasteiger partial charge in [-0.05, 0) is 37.8 Å². The van der Waals surface area contributed by atoms with Gasteiger partial charge in [-0.25, -0.2) is 4.98 Å². The number of aromatic nitrogens is 1. The number of hydrogen-bond acceptors (Lipinski definition) is 4. The van der Waals surface area contributed by atoms with Crippen molar-refractivity contribution >= 4 is 11.9 Å². The van der Waals surface area contributed by atoms with Gasteiger partial charge in [-0.1, -0.05) is 12.7 Å². The zero-order valence-corrected chi connectivity index (χ0v) is 12.3. The Hall–Kier alpha value is -2.37. The molecule has 1 amide bonds. The molecule has 1 fully saturated rings. The average Bonchev–Trinajstić information content (AvgIpc) is 2.53. The Morgan fingerprint density at radius 1 is 1.41 bits per heavy atom. The van der Waals surface area contributed by atoms with E-state index in [1.54, 1.807) is 18.2 Å². The van der Waals surface area contributed by atoms with Gasteiger partial charge < -0.3 is 15.2 Å². The SMILES string of the molecule is C=CCOc1cccnc1C(=O)NC1CCC(C(=O)O)CC1. The third-order valence-corrected chi connectivity index (χ3v) is 3.75. The number of aliphatic carboxylic acids is 1. The number of ether oxygens (including phenoxy) is 1. The van der Waals surface area contributed by atoms with Crippen molar-refractivity contribution in [2.45, 2.75) is 31.7 Å². The lowest BCUT2D eigenvalue weighted by Gasteiger charge is -2.26. The topological polar surface area (TPSA) is 88.5 Å². The average molecular weight is 304 g/mol. The van der Waals surface area contributed by atoms with Gasteiger partial charge in [-0.3, -0.25) is 9.59 Å². The molecular formula is C16H20N2O4. The van der Waals surface area contributed by atoms with Crippen LogP contribution in [-0.2, 0) is 4.79 Å². The zero-order chi connectivity index (χ0) is 15.9. The van der Waals surface area contributed by atoms with E-state index in [9.17, 15) is 9.59 Å². The Kier molecular flexibility index (Phi) is 5.52. The standard InChI is InChI=1S/C16H20N2O4/c1-2-10-22-13-4-3-9-17-14(13)15(19)18-12-7-5-11(6-8-12)16(20)21/h2-4,9,11-12H,1,5-8,10H2,(H,18,19)(H,20,21). The second-order valence-corrected chi connectivity index (χ2v) is 5.31. The van der Waals surface area contributed by atoms with Crippen molar-refractivity contribution in [3.05, 3.63) is 36.7 Å². The summed E-state index contributed by atoms with van der Waals surface area (Å²) in [5.41, 5.74) is 0.240. The molecule has 0 spiro atoms. The minimum Gasteiger partial charge on any atom is -0.487 e. The van der Waals surface area contributed by atoms with Crippen molar-refractivity contribution in [3.8, 4) is 5.75 Å². The molecule has 0 unspecified atom stereocenters. The highest BCUT2D eigenvalue weighted by Crippen LogP contribution is 2.25. The summed E-state index contributed by atoms with van der Waals surface area (Å²) in [4.78, 5) is 27.3. The van der Waals surface area contributed by atoms with Crippen molar-refractivity contribution < 1.29 is 19.4 Å². The summed E-state index contributed by atoms with van der Waals surface area (Å²) < 4.78 is 5.43. The molecule has 1 aromatic rings. The number of carbonyl (C=O) groups excluding carboxylic acids is 1. The van der Waals surface area contributed by atoms with Crippen LogP contribution in [0.25, 0.3) is 0 Å². The van der Waals surface area contributed by atoms with Crippen LogP contribution in [0.1, 0.15) is 36.2 Å². The molecule has 6 nitrogen and oxygen atoms in total. The largest absolute Gasteiger partial charge is 0.487 e. The van der Waals surface area contributed by atoms with Crippen molar-refractivity contribution in [2.75, 3.05) is 6.61 Å². The summed E-state index contributed by atoms with van der Waals surface area (Å²) in [5, 5.41) is 11.9. The van der Waals surface area contributed by atoms with Crippen molar-refractivity contribution in [1.82, 2.24) is 10.3 Å². The van der Waals surface area contributed by atoms with Gasteiger partial charge in [0.25, 0.3) is 5.91 Å². The summed E-state index contributed by atoms with van der Waals surface area (Å²) in [6.45, 7) is 3.87. The molecule has 6 heteroatoms. The molecule has 2 N–H and O–H groups in total. The second kappa shape index (κ2) is 7.59. The number of nitrogens with one attached hydrogen (secondary N) is 1. The van der Waals surface area contributed by atoms with Gasteiger partial charge in [0.2, 0.25) is 0 Å². The fourth-order valence-electron chi connectivity index (χ4n) is 2.56. The maximum absolute atomic E-state index is 12.3. The predicted octanol–water partition coefficient (Wildman–Crippen LogP) is 2.02. The van der Waals surface area contributed by atoms with Crippen LogP contribution in [0.5, 0.6) is 5.75 Å². The molecule has 1 aliphatic carbocycles. The van der Waals surface area contributed by atoms with Crippen LogP contribution in [0.2, 0.25) is 0 Å². The highest BCUT2D eigenvalue weighted by molar-refractivity contribution is 5.95. The first-order valence-electron chi connectivity index (χ1n) is 7.34. The van der Waals surface area contributed by atoms with Crippen molar-refractivity contribution in [2.24, 2.45) is 5.92 Å². The molecule has 0 aliphatic heterocycles. The number of pyridine rings is 1. The van der Waals surface area contributed by atoms with Crippen LogP contribution < -0.4 is 10.1 Å². The lowest BCUT2D eigenvalue weighted by molar-refractivity contribution is -0.142. The Morgan fingerprint density at radius 3 is 2.77 bits per heavy atom. The quantitative estimate of drug-likeness (QED) is 0.785. The van der Waals surface area contributed by atoms with Crippen LogP contribution in [-0.4, -0.2) is 34.6 Å². The zero-order valence-electron chi connectivity index (χ0n) is 12.3. The van der Waals surface area contributed by atoms with Crippen LogP contribution in [0.4, 0.5) is 0 Å². The number of amides is 1. The van der Waals surface area contributed by atoms with Gasteiger partial charge in [0, 0.05) is 12.2 Å². The van der Waals surface area contributed by atoms with Crippen LogP contribution in [0, 0.1) is 5.92 Å². The highest BCUT2D eigenvalue weighted by atomic mass is 16.5. The molecule has 2 rings (SSSR count). The molecule has 0 bridgehead atoms. The molecular weight excluding hydrogens is 284 g/mol. The minimum absolute atomic E-state index is 0.0163. The normalized spacial score (nSPS) is 20.9. The monoisotopic (exact) mass is 304 g/mol. The molecule has 118 valence electrons. The summed E-state index contributed by atoms with van der Waals surface area (Å²) in [7, 11) is 0. The van der Waals surface area contributed by atoms with Gasteiger partial charge in [0.1, 0.15) is 6.61 Å². The minimum atomic E-state index is -0.755. The summed E-state index contributed by atoms with van der Waals surface area (Å²) >= 11 is 0. The summed E-state index contributed by atoms with van der Waals surface area (Å²) in [5.74, 6) is -0.929. The van der Waals surface area contributed by atoms with E-state index in [1.165, 1.54) is 6.20 Å². The first-order valence-corrected chi connectivity index (χ1v) is 7.34. The fourth-order valence-corrected chi connectivity index (χ4v) is 2.56. The lowest BCUT2D eigenvalue weighted by Crippen LogP contribution is -2.39. The summed E-state index contributed by atoms with van der Waals surface area (Å²) in [6.07, 6.45) is 5.64. The van der Waals surface area contributed by atoms with E-state index >= 15 is 0 Å². The number of rotatable bonds is 6. The fraction of sp³-hybridized carbons (Fsp3) is 0.438. The van der Waals surface area contributed by atoms with E-state index in [-0.39, 0.29) is 23.6 Å². The Bertz CT molecular complexity index is 551. The van der Waals surface area contributed by atoms with Crippen LogP contribution >= 0.6 is 0 Å². The highest BCUT2D eigenvalue weighted by Gasteiger charge is 2.27. The maximum atomic E-state index is 12.3. The molecule has 1 aliphatic rings. The van der Waals surface area contributed by atoms with Crippen LogP contribution in [0.3, 0.4) is 0 Å². The predicted molar refractivity (Wildman–Crippen MR) is 80.8 cm³/mol. The van der Waals surface area contributed by atoms with E-state index in [4.69, 9.17) is 9.84 Å². The van der Waals surface area contributed by atoms with Gasteiger partial charge in [0.15, 0.2) is 11.4 Å².